The first kappa shape index (κ1) is 10.7. The van der Waals surface area contributed by atoms with Crippen molar-refractivity contribution in [1.29, 1.82) is 0 Å². The summed E-state index contributed by atoms with van der Waals surface area (Å²) in [7, 11) is 0. The van der Waals surface area contributed by atoms with Gasteiger partial charge in [-0.2, -0.15) is 0 Å². The highest BCUT2D eigenvalue weighted by Crippen LogP contribution is 2.21. The highest BCUT2D eigenvalue weighted by molar-refractivity contribution is 6.30. The van der Waals surface area contributed by atoms with Gasteiger partial charge in [0.25, 0.3) is 0 Å². The molecule has 16 heavy (non-hydrogen) atoms. The molecule has 0 spiro atoms. The van der Waals surface area contributed by atoms with E-state index in [1.165, 1.54) is 0 Å². The third kappa shape index (κ3) is 2.06. The Kier molecular flexibility index (Phi) is 2.92. The lowest BCUT2D eigenvalue weighted by molar-refractivity contribution is 0.316. The van der Waals surface area contributed by atoms with Crippen LogP contribution in [0, 0.1) is 0 Å². The van der Waals surface area contributed by atoms with E-state index in [-0.39, 0.29) is 0 Å². The van der Waals surface area contributed by atoms with Crippen LogP contribution in [0.3, 0.4) is 0 Å². The van der Waals surface area contributed by atoms with Crippen molar-refractivity contribution in [2.45, 2.75) is 6.92 Å². The first-order valence-electron chi connectivity index (χ1n) is 4.62. The number of nitrogens with zero attached hydrogens (tertiary/aromatic N) is 2. The molecule has 0 atom stereocenters. The van der Waals surface area contributed by atoms with Crippen molar-refractivity contribution in [2.75, 3.05) is 0 Å². The maximum Gasteiger partial charge on any atom is 0.184 e. The first-order chi connectivity index (χ1) is 7.70. The van der Waals surface area contributed by atoms with E-state index in [1.807, 2.05) is 12.1 Å². The van der Waals surface area contributed by atoms with Crippen molar-refractivity contribution < 1.29 is 9.73 Å². The van der Waals surface area contributed by atoms with Gasteiger partial charge in [-0.3, -0.25) is 0 Å². The molecule has 4 nitrogen and oxygen atoms in total. The fourth-order valence-electron chi connectivity index (χ4n) is 1.25. The highest BCUT2D eigenvalue weighted by Gasteiger charge is 2.08. The average molecular weight is 237 g/mol. The lowest BCUT2D eigenvalue weighted by Crippen LogP contribution is -1.89. The Balaban J connectivity index is 2.35. The van der Waals surface area contributed by atoms with E-state index >= 15 is 0 Å². The van der Waals surface area contributed by atoms with Crippen LogP contribution in [0.1, 0.15) is 12.7 Å². The second-order valence-corrected chi connectivity index (χ2v) is 3.71. The lowest BCUT2D eigenvalue weighted by Gasteiger charge is -1.94. The molecule has 0 unspecified atom stereocenters. The zero-order chi connectivity index (χ0) is 11.5. The smallest absolute Gasteiger partial charge is 0.184 e. The van der Waals surface area contributed by atoms with Crippen LogP contribution in [0.5, 0.6) is 0 Å². The summed E-state index contributed by atoms with van der Waals surface area (Å²) in [5, 5.41) is 16.2. The Hall–Kier alpha value is -1.81. The number of hydrogen-bond donors (Lipinski definition) is 1. The molecular formula is C11H9ClN2O2. The van der Waals surface area contributed by atoms with Gasteiger partial charge in [-0.05, 0) is 19.1 Å². The Bertz CT molecular complexity index is 517. The molecule has 0 saturated heterocycles. The molecule has 0 radical (unpaired) electrons. The minimum Gasteiger partial charge on any atom is -0.411 e. The largest absolute Gasteiger partial charge is 0.411 e. The van der Waals surface area contributed by atoms with Gasteiger partial charge in [0.05, 0.1) is 0 Å². The van der Waals surface area contributed by atoms with Crippen molar-refractivity contribution >= 4 is 17.3 Å². The predicted octanol–water partition coefficient (Wildman–Crippen LogP) is 3.19. The molecule has 1 aromatic heterocycles. The van der Waals surface area contributed by atoms with Crippen LogP contribution in [0.2, 0.25) is 5.02 Å². The number of aromatic nitrogens is 1. The van der Waals surface area contributed by atoms with Gasteiger partial charge >= 0.3 is 0 Å². The second kappa shape index (κ2) is 4.37. The summed E-state index contributed by atoms with van der Waals surface area (Å²) in [4.78, 5) is 0. The molecule has 1 N–H and O–H groups in total. The minimum atomic E-state index is 0.382. The van der Waals surface area contributed by atoms with Crippen LogP contribution < -0.4 is 0 Å². The molecule has 5 heteroatoms. The Morgan fingerprint density at radius 2 is 2.06 bits per heavy atom. The Morgan fingerprint density at radius 3 is 2.69 bits per heavy atom. The molecule has 0 aliphatic carbocycles. The van der Waals surface area contributed by atoms with Gasteiger partial charge in [0, 0.05) is 16.7 Å². The van der Waals surface area contributed by atoms with E-state index in [9.17, 15) is 0 Å². The molecule has 0 saturated carbocycles. The van der Waals surface area contributed by atoms with Gasteiger partial charge in [0.1, 0.15) is 11.4 Å². The van der Waals surface area contributed by atoms with Crippen LogP contribution in [-0.4, -0.2) is 16.1 Å². The molecular weight excluding hydrogens is 228 g/mol. The number of rotatable bonds is 2. The maximum absolute atomic E-state index is 8.59. The minimum absolute atomic E-state index is 0.382. The Labute approximate surface area is 97.1 Å². The fourth-order valence-corrected chi connectivity index (χ4v) is 1.38. The van der Waals surface area contributed by atoms with Crippen molar-refractivity contribution in [1.82, 2.24) is 5.16 Å². The first-order valence-corrected chi connectivity index (χ1v) is 5.00. The zero-order valence-electron chi connectivity index (χ0n) is 8.51. The highest BCUT2D eigenvalue weighted by atomic mass is 35.5. The van der Waals surface area contributed by atoms with Crippen LogP contribution in [0.25, 0.3) is 11.3 Å². The van der Waals surface area contributed by atoms with Crippen molar-refractivity contribution in [3.63, 3.8) is 0 Å². The van der Waals surface area contributed by atoms with Gasteiger partial charge in [0.15, 0.2) is 5.76 Å². The molecule has 0 aliphatic heterocycles. The van der Waals surface area contributed by atoms with Crippen molar-refractivity contribution in [2.24, 2.45) is 5.16 Å². The van der Waals surface area contributed by atoms with E-state index in [0.717, 1.165) is 5.56 Å². The monoisotopic (exact) mass is 236 g/mol. The average Bonchev–Trinajstić information content (AvgIpc) is 2.78. The summed E-state index contributed by atoms with van der Waals surface area (Å²) < 4.78 is 5.03. The third-order valence-electron chi connectivity index (χ3n) is 2.16. The third-order valence-corrected chi connectivity index (χ3v) is 2.41. The van der Waals surface area contributed by atoms with Gasteiger partial charge in [-0.15, -0.1) is 0 Å². The fraction of sp³-hybridized carbons (Fsp3) is 0.0909. The predicted molar refractivity (Wildman–Crippen MR) is 60.9 cm³/mol. The van der Waals surface area contributed by atoms with E-state index < -0.39 is 0 Å². The molecule has 1 heterocycles. The molecule has 0 fully saturated rings. The van der Waals surface area contributed by atoms with E-state index in [4.69, 9.17) is 21.3 Å². The summed E-state index contributed by atoms with van der Waals surface area (Å²) in [5.74, 6) is 0.437. The number of oxime groups is 1. The van der Waals surface area contributed by atoms with E-state index in [0.29, 0.717) is 22.2 Å². The molecule has 1 aromatic carbocycles. The normalized spacial score (nSPS) is 11.8. The summed E-state index contributed by atoms with van der Waals surface area (Å²) in [6.07, 6.45) is 0. The summed E-state index contributed by atoms with van der Waals surface area (Å²) in [6, 6.07) is 8.94. The van der Waals surface area contributed by atoms with Gasteiger partial charge in [-0.25, -0.2) is 0 Å². The molecule has 2 rings (SSSR count). The lowest BCUT2D eigenvalue weighted by atomic mass is 10.1. The maximum atomic E-state index is 8.59. The van der Waals surface area contributed by atoms with Crippen molar-refractivity contribution in [3.8, 4) is 11.3 Å². The summed E-state index contributed by atoms with van der Waals surface area (Å²) in [5.41, 5.74) is 1.95. The van der Waals surface area contributed by atoms with Crippen LogP contribution in [0.15, 0.2) is 40.0 Å². The standard InChI is InChI=1S/C11H9ClN2O2/c1-7(13-15)11-6-10(14-16-11)8-2-4-9(12)5-3-8/h2-6,15H,1H3. The summed E-state index contributed by atoms with van der Waals surface area (Å²) >= 11 is 5.78. The molecule has 0 aliphatic rings. The van der Waals surface area contributed by atoms with Crippen LogP contribution in [0.4, 0.5) is 0 Å². The molecule has 0 amide bonds. The van der Waals surface area contributed by atoms with Gasteiger partial charge < -0.3 is 9.73 Å². The van der Waals surface area contributed by atoms with Gasteiger partial charge in [-0.1, -0.05) is 34.0 Å². The Morgan fingerprint density at radius 1 is 1.38 bits per heavy atom. The zero-order valence-corrected chi connectivity index (χ0v) is 9.27. The molecule has 2 aromatic rings. The second-order valence-electron chi connectivity index (χ2n) is 3.27. The summed E-state index contributed by atoms with van der Waals surface area (Å²) in [6.45, 7) is 1.63. The van der Waals surface area contributed by atoms with E-state index in [2.05, 4.69) is 10.3 Å². The SMILES string of the molecule is CC(=NO)c1cc(-c2ccc(Cl)cc2)no1. The van der Waals surface area contributed by atoms with E-state index in [1.54, 1.807) is 25.1 Å². The van der Waals surface area contributed by atoms with Crippen molar-refractivity contribution in [3.05, 3.63) is 41.1 Å². The van der Waals surface area contributed by atoms with Crippen LogP contribution >= 0.6 is 11.6 Å². The van der Waals surface area contributed by atoms with Gasteiger partial charge in [0.2, 0.25) is 0 Å². The molecule has 0 bridgehead atoms. The number of halogens is 1. The van der Waals surface area contributed by atoms with Crippen LogP contribution in [-0.2, 0) is 0 Å². The molecule has 82 valence electrons. The topological polar surface area (TPSA) is 58.6 Å². The quantitative estimate of drug-likeness (QED) is 0.495. The number of benzene rings is 1. The number of hydrogen-bond acceptors (Lipinski definition) is 4.